The zero-order chi connectivity index (χ0) is 16.1. The number of nitrogens with one attached hydrogen (secondary N) is 1. The molecule has 0 aliphatic rings. The second-order valence-corrected chi connectivity index (χ2v) is 5.40. The topological polar surface area (TPSA) is 64.9 Å². The van der Waals surface area contributed by atoms with Crippen molar-refractivity contribution in [1.82, 2.24) is 20.2 Å². The van der Waals surface area contributed by atoms with Gasteiger partial charge < -0.3 is 10.1 Å². The summed E-state index contributed by atoms with van der Waals surface area (Å²) in [5.74, 6) is 1.50. The maximum atomic E-state index is 5.80. The summed E-state index contributed by atoms with van der Waals surface area (Å²) in [5.41, 5.74) is 3.55. The van der Waals surface area contributed by atoms with Crippen molar-refractivity contribution in [3.05, 3.63) is 65.2 Å². The van der Waals surface area contributed by atoms with Crippen molar-refractivity contribution in [1.29, 1.82) is 0 Å². The molecule has 6 heteroatoms. The first-order valence-electron chi connectivity index (χ1n) is 7.44. The van der Waals surface area contributed by atoms with Gasteiger partial charge in [-0.25, -0.2) is 4.68 Å². The summed E-state index contributed by atoms with van der Waals surface area (Å²) in [7, 11) is 1.80. The van der Waals surface area contributed by atoms with Crippen LogP contribution in [-0.4, -0.2) is 20.2 Å². The Labute approximate surface area is 135 Å². The van der Waals surface area contributed by atoms with Gasteiger partial charge in [-0.1, -0.05) is 47.1 Å². The van der Waals surface area contributed by atoms with Crippen molar-refractivity contribution >= 4 is 5.95 Å². The molecule has 1 N–H and O–H groups in total. The predicted molar refractivity (Wildman–Crippen MR) is 88.1 cm³/mol. The molecule has 23 heavy (non-hydrogen) atoms. The molecule has 0 unspecified atom stereocenters. The molecule has 0 saturated heterocycles. The van der Waals surface area contributed by atoms with Gasteiger partial charge in [-0.15, -0.1) is 0 Å². The molecule has 1 heterocycles. The maximum Gasteiger partial charge on any atom is 0.242 e. The van der Waals surface area contributed by atoms with E-state index >= 15 is 0 Å². The number of aryl methyl sites for hydroxylation is 2. The van der Waals surface area contributed by atoms with Crippen molar-refractivity contribution < 1.29 is 4.74 Å². The lowest BCUT2D eigenvalue weighted by Gasteiger charge is -2.08. The van der Waals surface area contributed by atoms with Crippen molar-refractivity contribution in [2.24, 2.45) is 7.05 Å². The summed E-state index contributed by atoms with van der Waals surface area (Å²) in [6, 6.07) is 16.4. The molecule has 118 valence electrons. The van der Waals surface area contributed by atoms with Crippen LogP contribution in [0.5, 0.6) is 5.75 Å². The first-order chi connectivity index (χ1) is 11.2. The van der Waals surface area contributed by atoms with Crippen molar-refractivity contribution in [2.75, 3.05) is 5.32 Å². The van der Waals surface area contributed by atoms with Crippen LogP contribution in [0.2, 0.25) is 0 Å². The van der Waals surface area contributed by atoms with Crippen LogP contribution in [0.25, 0.3) is 0 Å². The molecule has 0 aliphatic heterocycles. The first kappa shape index (κ1) is 15.0. The zero-order valence-corrected chi connectivity index (χ0v) is 13.2. The fourth-order valence-electron chi connectivity index (χ4n) is 2.11. The molecule has 0 bridgehead atoms. The lowest BCUT2D eigenvalue weighted by atomic mass is 10.2. The van der Waals surface area contributed by atoms with E-state index < -0.39 is 0 Å². The summed E-state index contributed by atoms with van der Waals surface area (Å²) < 4.78 is 7.40. The Bertz CT molecular complexity index is 749. The standard InChI is InChI=1S/C17H19N5O/c1-13-3-5-15(6-4-13)12-23-16-9-7-14(8-10-16)11-18-17-19-20-21-22(17)2/h3-10H,11-12H2,1-2H3,(H,18,19,21). The third kappa shape index (κ3) is 4.06. The fourth-order valence-corrected chi connectivity index (χ4v) is 2.11. The van der Waals surface area contributed by atoms with E-state index in [9.17, 15) is 0 Å². The molecule has 0 saturated carbocycles. The fraction of sp³-hybridized carbons (Fsp3) is 0.235. The Morgan fingerprint density at radius 2 is 1.70 bits per heavy atom. The van der Waals surface area contributed by atoms with E-state index in [0.717, 1.165) is 16.9 Å². The van der Waals surface area contributed by atoms with Crippen LogP contribution in [0.3, 0.4) is 0 Å². The molecular weight excluding hydrogens is 290 g/mol. The SMILES string of the molecule is Cc1ccc(COc2ccc(CNc3nnnn3C)cc2)cc1. The van der Waals surface area contributed by atoms with Crippen molar-refractivity contribution in [3.8, 4) is 5.75 Å². The molecule has 0 spiro atoms. The number of rotatable bonds is 6. The molecule has 1 aromatic heterocycles. The van der Waals surface area contributed by atoms with E-state index in [2.05, 4.69) is 52.0 Å². The number of hydrogen-bond donors (Lipinski definition) is 1. The van der Waals surface area contributed by atoms with E-state index in [1.54, 1.807) is 11.7 Å². The van der Waals surface area contributed by atoms with Crippen molar-refractivity contribution in [2.45, 2.75) is 20.1 Å². The van der Waals surface area contributed by atoms with Crippen LogP contribution in [-0.2, 0) is 20.2 Å². The number of hydrogen-bond acceptors (Lipinski definition) is 5. The second-order valence-electron chi connectivity index (χ2n) is 5.40. The van der Waals surface area contributed by atoms with Crippen LogP contribution in [0.1, 0.15) is 16.7 Å². The van der Waals surface area contributed by atoms with Crippen molar-refractivity contribution in [3.63, 3.8) is 0 Å². The Morgan fingerprint density at radius 3 is 2.35 bits per heavy atom. The predicted octanol–water partition coefficient (Wildman–Crippen LogP) is 2.71. The van der Waals surface area contributed by atoms with E-state index in [1.165, 1.54) is 5.56 Å². The van der Waals surface area contributed by atoms with Gasteiger partial charge >= 0.3 is 0 Å². The quantitative estimate of drug-likeness (QED) is 0.758. The van der Waals surface area contributed by atoms with Gasteiger partial charge in [0.15, 0.2) is 0 Å². The number of tetrazole rings is 1. The highest BCUT2D eigenvalue weighted by Gasteiger charge is 2.01. The van der Waals surface area contributed by atoms with Gasteiger partial charge in [0.2, 0.25) is 5.95 Å². The summed E-state index contributed by atoms with van der Waals surface area (Å²) in [4.78, 5) is 0. The number of nitrogens with zero attached hydrogens (tertiary/aromatic N) is 4. The lowest BCUT2D eigenvalue weighted by molar-refractivity contribution is 0.306. The van der Waals surface area contributed by atoms with Gasteiger partial charge in [0.05, 0.1) is 0 Å². The molecule has 6 nitrogen and oxygen atoms in total. The van der Waals surface area contributed by atoms with E-state index in [0.29, 0.717) is 19.1 Å². The normalized spacial score (nSPS) is 10.5. The number of anilines is 1. The number of aromatic nitrogens is 4. The van der Waals surface area contributed by atoms with Crippen LogP contribution in [0.15, 0.2) is 48.5 Å². The van der Waals surface area contributed by atoms with E-state index in [1.807, 2.05) is 24.3 Å². The number of ether oxygens (including phenoxy) is 1. The van der Waals surface area contributed by atoms with Crippen LogP contribution >= 0.6 is 0 Å². The highest BCUT2D eigenvalue weighted by atomic mass is 16.5. The Balaban J connectivity index is 1.52. The minimum absolute atomic E-state index is 0.572. The molecule has 0 atom stereocenters. The van der Waals surface area contributed by atoms with Crippen LogP contribution < -0.4 is 10.1 Å². The highest BCUT2D eigenvalue weighted by molar-refractivity contribution is 5.31. The minimum Gasteiger partial charge on any atom is -0.489 e. The molecule has 2 aromatic carbocycles. The summed E-state index contributed by atoms with van der Waals surface area (Å²) in [6.45, 7) is 3.31. The van der Waals surface area contributed by atoms with Crippen LogP contribution in [0.4, 0.5) is 5.95 Å². The Hall–Kier alpha value is -2.89. The highest BCUT2D eigenvalue weighted by Crippen LogP contribution is 2.15. The lowest BCUT2D eigenvalue weighted by Crippen LogP contribution is -2.05. The monoisotopic (exact) mass is 309 g/mol. The third-order valence-electron chi connectivity index (χ3n) is 3.52. The molecule has 0 aliphatic carbocycles. The number of benzene rings is 2. The largest absolute Gasteiger partial charge is 0.489 e. The Morgan fingerprint density at radius 1 is 1.00 bits per heavy atom. The van der Waals surface area contributed by atoms with Gasteiger partial charge in [-0.05, 0) is 40.6 Å². The average molecular weight is 309 g/mol. The van der Waals surface area contributed by atoms with Gasteiger partial charge in [-0.3, -0.25) is 0 Å². The molecule has 0 fully saturated rings. The first-order valence-corrected chi connectivity index (χ1v) is 7.44. The Kier molecular flexibility index (Phi) is 4.52. The molecule has 3 rings (SSSR count). The molecular formula is C17H19N5O. The van der Waals surface area contributed by atoms with Gasteiger partial charge in [0.1, 0.15) is 12.4 Å². The smallest absolute Gasteiger partial charge is 0.242 e. The summed E-state index contributed by atoms with van der Waals surface area (Å²) in [5, 5.41) is 14.4. The summed E-state index contributed by atoms with van der Waals surface area (Å²) in [6.07, 6.45) is 0. The molecule has 0 amide bonds. The second kappa shape index (κ2) is 6.91. The van der Waals surface area contributed by atoms with Gasteiger partial charge in [0, 0.05) is 13.6 Å². The van der Waals surface area contributed by atoms with Crippen LogP contribution in [0, 0.1) is 6.92 Å². The average Bonchev–Trinajstić information content (AvgIpc) is 2.98. The molecule has 0 radical (unpaired) electrons. The summed E-state index contributed by atoms with van der Waals surface area (Å²) >= 11 is 0. The zero-order valence-electron chi connectivity index (χ0n) is 13.2. The maximum absolute atomic E-state index is 5.80. The van der Waals surface area contributed by atoms with Gasteiger partial charge in [-0.2, -0.15) is 0 Å². The molecule has 3 aromatic rings. The van der Waals surface area contributed by atoms with Gasteiger partial charge in [0.25, 0.3) is 0 Å². The van der Waals surface area contributed by atoms with E-state index in [-0.39, 0.29) is 0 Å². The third-order valence-corrected chi connectivity index (χ3v) is 3.52. The minimum atomic E-state index is 0.572. The van der Waals surface area contributed by atoms with E-state index in [4.69, 9.17) is 4.74 Å².